The quantitative estimate of drug-likeness (QED) is 0.836. The first-order valence-electron chi connectivity index (χ1n) is 9.13. The summed E-state index contributed by atoms with van der Waals surface area (Å²) < 4.78 is 13.4. The van der Waals surface area contributed by atoms with Crippen LogP contribution in [0.15, 0.2) is 54.6 Å². The first-order chi connectivity index (χ1) is 13.0. The monoisotopic (exact) mass is 368 g/mol. The van der Waals surface area contributed by atoms with Crippen molar-refractivity contribution in [3.8, 4) is 0 Å². The number of amides is 2. The maximum atomic E-state index is 13.4. The zero-order valence-corrected chi connectivity index (χ0v) is 14.9. The fourth-order valence-corrected chi connectivity index (χ4v) is 3.74. The van der Waals surface area contributed by atoms with E-state index in [4.69, 9.17) is 4.84 Å². The van der Waals surface area contributed by atoms with Gasteiger partial charge in [0.2, 0.25) is 5.91 Å². The van der Waals surface area contributed by atoms with Crippen molar-refractivity contribution in [3.05, 3.63) is 71.5 Å². The first-order valence-corrected chi connectivity index (χ1v) is 9.13. The van der Waals surface area contributed by atoms with Gasteiger partial charge < -0.3 is 4.90 Å². The number of likely N-dealkylation sites (tertiary alicyclic amines) is 1. The van der Waals surface area contributed by atoms with Crippen LogP contribution in [-0.2, 0) is 16.2 Å². The highest BCUT2D eigenvalue weighted by atomic mass is 19.1. The Labute approximate surface area is 157 Å². The molecule has 27 heavy (non-hydrogen) atoms. The van der Waals surface area contributed by atoms with E-state index in [0.717, 1.165) is 5.56 Å². The van der Waals surface area contributed by atoms with Gasteiger partial charge in [0, 0.05) is 18.7 Å². The number of halogens is 1. The highest BCUT2D eigenvalue weighted by molar-refractivity contribution is 5.94. The number of hydroxylamine groups is 2. The van der Waals surface area contributed by atoms with Crippen molar-refractivity contribution in [2.24, 2.45) is 0 Å². The molecule has 5 nitrogen and oxygen atoms in total. The predicted octanol–water partition coefficient (Wildman–Crippen LogP) is 3.16. The molecule has 2 aromatic rings. The summed E-state index contributed by atoms with van der Waals surface area (Å²) in [5.74, 6) is -0.630. The van der Waals surface area contributed by atoms with Gasteiger partial charge in [-0.3, -0.25) is 14.4 Å². The van der Waals surface area contributed by atoms with Crippen LogP contribution in [0.5, 0.6) is 0 Å². The first kappa shape index (κ1) is 17.7. The zero-order chi connectivity index (χ0) is 18.9. The third kappa shape index (κ3) is 3.71. The van der Waals surface area contributed by atoms with E-state index >= 15 is 0 Å². The Morgan fingerprint density at radius 2 is 1.81 bits per heavy atom. The van der Waals surface area contributed by atoms with Crippen LogP contribution in [0.3, 0.4) is 0 Å². The minimum absolute atomic E-state index is 0.0243. The number of nitrogens with zero attached hydrogens (tertiary/aromatic N) is 2. The van der Waals surface area contributed by atoms with Gasteiger partial charge in [0.05, 0.1) is 13.0 Å². The Balaban J connectivity index is 1.38. The Bertz CT molecular complexity index is 848. The van der Waals surface area contributed by atoms with Crippen LogP contribution in [-0.4, -0.2) is 40.5 Å². The average molecular weight is 368 g/mol. The molecule has 2 heterocycles. The van der Waals surface area contributed by atoms with Crippen molar-refractivity contribution >= 4 is 11.8 Å². The lowest BCUT2D eigenvalue weighted by Crippen LogP contribution is -2.47. The highest BCUT2D eigenvalue weighted by Gasteiger charge is 2.47. The predicted molar refractivity (Wildman–Crippen MR) is 97.0 cm³/mol. The molecule has 1 spiro atoms. The van der Waals surface area contributed by atoms with Crippen LogP contribution >= 0.6 is 0 Å². The lowest BCUT2D eigenvalue weighted by Gasteiger charge is -2.37. The fourth-order valence-electron chi connectivity index (χ4n) is 3.74. The second kappa shape index (κ2) is 7.12. The molecule has 0 radical (unpaired) electrons. The fraction of sp³-hybridized carbons (Fsp3) is 0.333. The van der Waals surface area contributed by atoms with Gasteiger partial charge in [-0.25, -0.2) is 9.45 Å². The molecule has 0 bridgehead atoms. The summed E-state index contributed by atoms with van der Waals surface area (Å²) >= 11 is 0. The third-order valence-corrected chi connectivity index (χ3v) is 5.26. The van der Waals surface area contributed by atoms with Gasteiger partial charge in [0.1, 0.15) is 11.4 Å². The van der Waals surface area contributed by atoms with Gasteiger partial charge in [-0.1, -0.05) is 36.4 Å². The molecule has 0 aliphatic carbocycles. The normalized spacial score (nSPS) is 18.9. The summed E-state index contributed by atoms with van der Waals surface area (Å²) in [6.07, 6.45) is 1.51. The summed E-state index contributed by atoms with van der Waals surface area (Å²) in [6, 6.07) is 15.4. The summed E-state index contributed by atoms with van der Waals surface area (Å²) in [7, 11) is 0. The maximum Gasteiger partial charge on any atom is 0.253 e. The summed E-state index contributed by atoms with van der Waals surface area (Å²) in [5, 5.41) is 1.44. The molecule has 2 saturated heterocycles. The number of benzene rings is 2. The topological polar surface area (TPSA) is 49.9 Å². The molecule has 2 fully saturated rings. The van der Waals surface area contributed by atoms with Crippen molar-refractivity contribution in [3.63, 3.8) is 0 Å². The van der Waals surface area contributed by atoms with E-state index < -0.39 is 11.4 Å². The van der Waals surface area contributed by atoms with Crippen molar-refractivity contribution in [2.75, 3.05) is 13.1 Å². The molecule has 0 unspecified atom stereocenters. The SMILES string of the molecule is O=C(c1cccc(F)c1)N1CCC2(CC1)CC(=O)N(Cc1ccccc1)O2. The van der Waals surface area contributed by atoms with Gasteiger partial charge in [0.15, 0.2) is 0 Å². The van der Waals surface area contributed by atoms with Gasteiger partial charge >= 0.3 is 0 Å². The van der Waals surface area contributed by atoms with E-state index in [1.165, 1.54) is 23.3 Å². The second-order valence-corrected chi connectivity index (χ2v) is 7.17. The lowest BCUT2D eigenvalue weighted by molar-refractivity contribution is -0.213. The lowest BCUT2D eigenvalue weighted by atomic mass is 9.88. The number of rotatable bonds is 3. The van der Waals surface area contributed by atoms with Crippen molar-refractivity contribution < 1.29 is 18.8 Å². The molecule has 2 aliphatic heterocycles. The Morgan fingerprint density at radius 1 is 1.07 bits per heavy atom. The van der Waals surface area contributed by atoms with Gasteiger partial charge in [-0.2, -0.15) is 0 Å². The molecule has 0 N–H and O–H groups in total. The maximum absolute atomic E-state index is 13.4. The molecular weight excluding hydrogens is 347 g/mol. The minimum Gasteiger partial charge on any atom is -0.338 e. The Kier molecular flexibility index (Phi) is 4.66. The number of hydrogen-bond donors (Lipinski definition) is 0. The third-order valence-electron chi connectivity index (χ3n) is 5.26. The standard InChI is InChI=1S/C21H21FN2O3/c22-18-8-4-7-17(13-18)20(26)23-11-9-21(10-12-23)14-19(25)24(27-21)15-16-5-2-1-3-6-16/h1-8,13H,9-12,14-15H2. The van der Waals surface area contributed by atoms with Gasteiger partial charge in [-0.15, -0.1) is 0 Å². The molecule has 0 saturated carbocycles. The largest absolute Gasteiger partial charge is 0.338 e. The van der Waals surface area contributed by atoms with Crippen LogP contribution < -0.4 is 0 Å². The molecular formula is C21H21FN2O3. The number of carbonyl (C=O) groups excluding carboxylic acids is 2. The van der Waals surface area contributed by atoms with Gasteiger partial charge in [-0.05, 0) is 36.6 Å². The minimum atomic E-state index is -0.537. The Morgan fingerprint density at radius 3 is 2.52 bits per heavy atom. The molecule has 140 valence electrons. The average Bonchev–Trinajstić information content (AvgIpc) is 2.97. The van der Waals surface area contributed by atoms with Crippen LogP contribution in [0.1, 0.15) is 35.2 Å². The van der Waals surface area contributed by atoms with E-state index in [9.17, 15) is 14.0 Å². The summed E-state index contributed by atoms with van der Waals surface area (Å²) in [6.45, 7) is 1.40. The molecule has 2 amide bonds. The summed E-state index contributed by atoms with van der Waals surface area (Å²) in [5.41, 5.74) is 0.826. The van der Waals surface area contributed by atoms with Crippen LogP contribution in [0.2, 0.25) is 0 Å². The van der Waals surface area contributed by atoms with E-state index in [-0.39, 0.29) is 11.8 Å². The highest BCUT2D eigenvalue weighted by Crippen LogP contribution is 2.37. The molecule has 4 rings (SSSR count). The number of hydrogen-bond acceptors (Lipinski definition) is 3. The second-order valence-electron chi connectivity index (χ2n) is 7.17. The number of piperidine rings is 1. The van der Waals surface area contributed by atoms with Crippen LogP contribution in [0.25, 0.3) is 0 Å². The van der Waals surface area contributed by atoms with Crippen molar-refractivity contribution in [1.82, 2.24) is 9.96 Å². The molecule has 0 aromatic heterocycles. The van der Waals surface area contributed by atoms with E-state index in [2.05, 4.69) is 0 Å². The molecule has 2 aromatic carbocycles. The number of carbonyl (C=O) groups is 2. The molecule has 2 aliphatic rings. The Hall–Kier alpha value is -2.73. The van der Waals surface area contributed by atoms with E-state index in [0.29, 0.717) is 44.5 Å². The van der Waals surface area contributed by atoms with Crippen LogP contribution in [0.4, 0.5) is 4.39 Å². The van der Waals surface area contributed by atoms with Gasteiger partial charge in [0.25, 0.3) is 5.91 Å². The molecule has 6 heteroatoms. The van der Waals surface area contributed by atoms with Crippen molar-refractivity contribution in [1.29, 1.82) is 0 Å². The van der Waals surface area contributed by atoms with E-state index in [1.54, 1.807) is 11.0 Å². The smallest absolute Gasteiger partial charge is 0.253 e. The van der Waals surface area contributed by atoms with E-state index in [1.807, 2.05) is 30.3 Å². The molecule has 0 atom stereocenters. The summed E-state index contributed by atoms with van der Waals surface area (Å²) in [4.78, 5) is 32.7. The zero-order valence-electron chi connectivity index (χ0n) is 14.9. The van der Waals surface area contributed by atoms with Crippen LogP contribution in [0, 0.1) is 5.82 Å². The van der Waals surface area contributed by atoms with Crippen molar-refractivity contribution in [2.45, 2.75) is 31.4 Å².